The number of hydrogen-bond acceptors (Lipinski definition) is 4. The van der Waals surface area contributed by atoms with Gasteiger partial charge in [0.15, 0.2) is 0 Å². The topological polar surface area (TPSA) is 90.8 Å². The minimum absolute atomic E-state index is 0.00301. The number of hydrogen-bond donors (Lipinski definition) is 3. The van der Waals surface area contributed by atoms with E-state index in [0.29, 0.717) is 12.8 Å². The van der Waals surface area contributed by atoms with Crippen molar-refractivity contribution >= 4 is 34.0 Å². The van der Waals surface area contributed by atoms with E-state index >= 15 is 0 Å². The van der Waals surface area contributed by atoms with Crippen molar-refractivity contribution in [3.8, 4) is 0 Å². The van der Waals surface area contributed by atoms with Crippen LogP contribution in [0.4, 0.5) is 5.69 Å². The molecule has 0 spiro atoms. The van der Waals surface area contributed by atoms with Gasteiger partial charge >= 0.3 is 0 Å². The summed E-state index contributed by atoms with van der Waals surface area (Å²) in [4.78, 5) is 23.4. The van der Waals surface area contributed by atoms with Crippen LogP contribution in [0.2, 0.25) is 0 Å². The van der Waals surface area contributed by atoms with Gasteiger partial charge in [-0.15, -0.1) is 0 Å². The second-order valence-corrected chi connectivity index (χ2v) is 6.15. The summed E-state index contributed by atoms with van der Waals surface area (Å²) in [5, 5.41) is 19.4. The summed E-state index contributed by atoms with van der Waals surface area (Å²) in [5.74, 6) is -0.356. The van der Waals surface area contributed by atoms with Crippen LogP contribution in [0.1, 0.15) is 38.5 Å². The van der Waals surface area contributed by atoms with Crippen LogP contribution in [0.3, 0.4) is 0 Å². The van der Waals surface area contributed by atoms with Gasteiger partial charge in [-0.05, 0) is 42.2 Å². The highest BCUT2D eigenvalue weighted by atomic mass is 16.4. The summed E-state index contributed by atoms with van der Waals surface area (Å²) in [5.41, 5.74) is 0.949. The molecule has 0 fully saturated rings. The molecule has 0 aromatic heterocycles. The first kappa shape index (κ1) is 19.4. The zero-order valence-electron chi connectivity index (χ0n) is 15.0. The third-order valence-electron chi connectivity index (χ3n) is 4.21. The number of nitrogens with one attached hydrogen (secondary N) is 2. The lowest BCUT2D eigenvalue weighted by Crippen LogP contribution is -2.27. The molecule has 6 heteroatoms. The van der Waals surface area contributed by atoms with E-state index in [1.807, 2.05) is 42.5 Å². The number of carbonyl (C=O) groups is 2. The molecule has 0 aliphatic rings. The fourth-order valence-corrected chi connectivity index (χ4v) is 2.78. The first-order chi connectivity index (χ1) is 12.6. The van der Waals surface area contributed by atoms with E-state index in [0.717, 1.165) is 42.1 Å². The minimum atomic E-state index is -0.359. The molecule has 2 aromatic rings. The molecule has 26 heavy (non-hydrogen) atoms. The predicted molar refractivity (Wildman–Crippen MR) is 104 cm³/mol. The van der Waals surface area contributed by atoms with E-state index in [-0.39, 0.29) is 17.5 Å². The Hall–Kier alpha value is -2.89. The maximum atomic E-state index is 12.0. The Bertz CT molecular complexity index is 787. The monoisotopic (exact) mass is 355 g/mol. The predicted octanol–water partition coefficient (Wildman–Crippen LogP) is 3.70. The van der Waals surface area contributed by atoms with Gasteiger partial charge in [0.25, 0.3) is 5.91 Å². The zero-order valence-corrected chi connectivity index (χ0v) is 15.0. The SMILES string of the molecule is CNC(=O)/C(CCCCCCC(=O)Nc1ccc2ccccc2c1)=N\O. The average molecular weight is 355 g/mol. The number of oxime groups is 1. The van der Waals surface area contributed by atoms with Crippen LogP contribution in [-0.4, -0.2) is 29.8 Å². The van der Waals surface area contributed by atoms with Crippen molar-refractivity contribution < 1.29 is 14.8 Å². The van der Waals surface area contributed by atoms with Crippen molar-refractivity contribution in [3.63, 3.8) is 0 Å². The van der Waals surface area contributed by atoms with Gasteiger partial charge in [-0.1, -0.05) is 48.3 Å². The lowest BCUT2D eigenvalue weighted by Gasteiger charge is -2.07. The highest BCUT2D eigenvalue weighted by molar-refractivity contribution is 6.38. The van der Waals surface area contributed by atoms with Crippen molar-refractivity contribution in [3.05, 3.63) is 42.5 Å². The Morgan fingerprint density at radius 3 is 2.35 bits per heavy atom. The van der Waals surface area contributed by atoms with E-state index in [9.17, 15) is 9.59 Å². The molecule has 0 atom stereocenters. The molecule has 2 aromatic carbocycles. The van der Waals surface area contributed by atoms with Crippen molar-refractivity contribution in [1.29, 1.82) is 0 Å². The molecule has 6 nitrogen and oxygen atoms in total. The Morgan fingerprint density at radius 1 is 0.962 bits per heavy atom. The van der Waals surface area contributed by atoms with Crippen molar-refractivity contribution in [2.75, 3.05) is 12.4 Å². The molecule has 0 radical (unpaired) electrons. The molecule has 2 rings (SSSR count). The molecular weight excluding hydrogens is 330 g/mol. The number of fused-ring (bicyclic) bond motifs is 1. The van der Waals surface area contributed by atoms with Gasteiger partial charge in [0.05, 0.1) is 0 Å². The van der Waals surface area contributed by atoms with Gasteiger partial charge in [-0.3, -0.25) is 9.59 Å². The van der Waals surface area contributed by atoms with Crippen molar-refractivity contribution in [2.45, 2.75) is 38.5 Å². The molecule has 0 saturated carbocycles. The summed E-state index contributed by atoms with van der Waals surface area (Å²) in [7, 11) is 1.50. The van der Waals surface area contributed by atoms with E-state index in [4.69, 9.17) is 5.21 Å². The minimum Gasteiger partial charge on any atom is -0.410 e. The van der Waals surface area contributed by atoms with Crippen molar-refractivity contribution in [1.82, 2.24) is 5.32 Å². The molecule has 0 saturated heterocycles. The molecule has 3 N–H and O–H groups in total. The summed E-state index contributed by atoms with van der Waals surface area (Å²) in [6.07, 6.45) is 4.18. The van der Waals surface area contributed by atoms with Crippen LogP contribution in [-0.2, 0) is 9.59 Å². The van der Waals surface area contributed by atoms with E-state index < -0.39 is 0 Å². The summed E-state index contributed by atoms with van der Waals surface area (Å²) < 4.78 is 0. The van der Waals surface area contributed by atoms with Crippen LogP contribution < -0.4 is 10.6 Å². The van der Waals surface area contributed by atoms with Crippen LogP contribution in [0.15, 0.2) is 47.6 Å². The number of benzene rings is 2. The van der Waals surface area contributed by atoms with Gasteiger partial charge in [-0.25, -0.2) is 0 Å². The Morgan fingerprint density at radius 2 is 1.65 bits per heavy atom. The summed E-state index contributed by atoms with van der Waals surface area (Å²) in [6.45, 7) is 0. The van der Waals surface area contributed by atoms with E-state index in [2.05, 4.69) is 15.8 Å². The number of carbonyl (C=O) groups excluding carboxylic acids is 2. The third kappa shape index (κ3) is 5.88. The molecule has 0 aliphatic carbocycles. The molecule has 0 bridgehead atoms. The van der Waals surface area contributed by atoms with Crippen molar-refractivity contribution in [2.24, 2.45) is 5.16 Å². The summed E-state index contributed by atoms with van der Waals surface area (Å²) >= 11 is 0. The number of anilines is 1. The Kier molecular flexibility index (Phi) is 7.61. The molecule has 0 heterocycles. The first-order valence-electron chi connectivity index (χ1n) is 8.85. The molecular formula is C20H25N3O3. The van der Waals surface area contributed by atoms with E-state index in [1.54, 1.807) is 0 Å². The number of nitrogens with zero attached hydrogens (tertiary/aromatic N) is 1. The average Bonchev–Trinajstić information content (AvgIpc) is 2.66. The maximum Gasteiger partial charge on any atom is 0.268 e. The van der Waals surface area contributed by atoms with E-state index in [1.165, 1.54) is 7.05 Å². The van der Waals surface area contributed by atoms with Gasteiger partial charge in [0.1, 0.15) is 5.71 Å². The molecule has 0 aliphatic heterocycles. The van der Waals surface area contributed by atoms with Gasteiger partial charge < -0.3 is 15.8 Å². The van der Waals surface area contributed by atoms with Crippen LogP contribution >= 0.6 is 0 Å². The highest BCUT2D eigenvalue weighted by Gasteiger charge is 2.09. The van der Waals surface area contributed by atoms with Gasteiger partial charge in [-0.2, -0.15) is 0 Å². The fraction of sp³-hybridized carbons (Fsp3) is 0.350. The highest BCUT2D eigenvalue weighted by Crippen LogP contribution is 2.19. The molecule has 0 unspecified atom stereocenters. The Balaban J connectivity index is 1.66. The molecule has 138 valence electrons. The normalized spacial score (nSPS) is 11.3. The lowest BCUT2D eigenvalue weighted by atomic mass is 10.1. The maximum absolute atomic E-state index is 12.0. The second kappa shape index (κ2) is 10.2. The lowest BCUT2D eigenvalue weighted by molar-refractivity contribution is -0.116. The quantitative estimate of drug-likeness (QED) is 0.277. The number of rotatable bonds is 9. The fourth-order valence-electron chi connectivity index (χ4n) is 2.78. The smallest absolute Gasteiger partial charge is 0.268 e. The zero-order chi connectivity index (χ0) is 18.8. The van der Waals surface area contributed by atoms with Crippen LogP contribution in [0.5, 0.6) is 0 Å². The van der Waals surface area contributed by atoms with Crippen LogP contribution in [0, 0.1) is 0 Å². The number of unbranched alkanes of at least 4 members (excludes halogenated alkanes) is 3. The summed E-state index contributed by atoms with van der Waals surface area (Å²) in [6, 6.07) is 13.9. The van der Waals surface area contributed by atoms with Gasteiger partial charge in [0, 0.05) is 19.2 Å². The Labute approximate surface area is 153 Å². The standard InChI is InChI=1S/C20H25N3O3/c1-21-20(25)18(23-26)10-4-2-3-5-11-19(24)22-17-13-12-15-8-6-7-9-16(15)14-17/h6-9,12-14,26H,2-5,10-11H2,1H3,(H,21,25)(H,22,24)/b23-18-. The first-order valence-corrected chi connectivity index (χ1v) is 8.85. The number of amides is 2. The van der Waals surface area contributed by atoms with Gasteiger partial charge in [0.2, 0.25) is 5.91 Å². The third-order valence-corrected chi connectivity index (χ3v) is 4.21. The van der Waals surface area contributed by atoms with Crippen LogP contribution in [0.25, 0.3) is 10.8 Å². The second-order valence-electron chi connectivity index (χ2n) is 6.15. The molecule has 2 amide bonds. The largest absolute Gasteiger partial charge is 0.410 e.